The van der Waals surface area contributed by atoms with E-state index in [1.165, 1.54) is 24.0 Å². The van der Waals surface area contributed by atoms with Gasteiger partial charge in [0, 0.05) is 11.5 Å². The molecule has 0 saturated carbocycles. The minimum Gasteiger partial charge on any atom is -0.380 e. The van der Waals surface area contributed by atoms with Crippen LogP contribution in [0, 0.1) is 0 Å². The van der Waals surface area contributed by atoms with Gasteiger partial charge in [-0.05, 0) is 37.4 Å². The molecule has 0 spiro atoms. The van der Waals surface area contributed by atoms with Crippen molar-refractivity contribution in [1.82, 2.24) is 5.32 Å². The predicted molar refractivity (Wildman–Crippen MR) is 64.6 cm³/mol. The van der Waals surface area contributed by atoms with Crippen molar-refractivity contribution in [2.75, 3.05) is 19.8 Å². The largest absolute Gasteiger partial charge is 0.380 e. The van der Waals surface area contributed by atoms with E-state index in [2.05, 4.69) is 36.5 Å². The van der Waals surface area contributed by atoms with E-state index in [-0.39, 0.29) is 5.54 Å². The molecule has 86 valence electrons. The Labute approximate surface area is 97.0 Å². The second-order valence-corrected chi connectivity index (χ2v) is 5.22. The van der Waals surface area contributed by atoms with Crippen LogP contribution in [0.25, 0.3) is 0 Å². The van der Waals surface area contributed by atoms with Gasteiger partial charge in [0.2, 0.25) is 0 Å². The number of hydrogen-bond donors (Lipinski definition) is 1. The zero-order valence-electron chi connectivity index (χ0n) is 9.83. The van der Waals surface area contributed by atoms with Crippen molar-refractivity contribution >= 4 is 0 Å². The summed E-state index contributed by atoms with van der Waals surface area (Å²) >= 11 is 0. The molecule has 2 aliphatic rings. The molecule has 2 aliphatic heterocycles. The highest BCUT2D eigenvalue weighted by Gasteiger charge is 2.30. The maximum atomic E-state index is 5.23. The van der Waals surface area contributed by atoms with E-state index in [0.717, 1.165) is 19.8 Å². The van der Waals surface area contributed by atoms with Crippen LogP contribution < -0.4 is 5.32 Å². The van der Waals surface area contributed by atoms with Gasteiger partial charge < -0.3 is 10.1 Å². The molecule has 0 bridgehead atoms. The summed E-state index contributed by atoms with van der Waals surface area (Å²) in [5, 5.41) is 3.60. The van der Waals surface area contributed by atoms with E-state index in [4.69, 9.17) is 4.74 Å². The molecule has 2 heterocycles. The average Bonchev–Trinajstić information content (AvgIpc) is 2.65. The quantitative estimate of drug-likeness (QED) is 0.821. The third-order valence-corrected chi connectivity index (χ3v) is 4.03. The molecule has 1 unspecified atom stereocenters. The minimum atomic E-state index is 0.203. The van der Waals surface area contributed by atoms with E-state index in [9.17, 15) is 0 Å². The third-order valence-electron chi connectivity index (χ3n) is 4.03. The number of ether oxygens (including phenoxy) is 1. The molecule has 1 aromatic carbocycles. The van der Waals surface area contributed by atoms with E-state index in [1.54, 1.807) is 0 Å². The van der Waals surface area contributed by atoms with E-state index >= 15 is 0 Å². The molecule has 0 aromatic heterocycles. The summed E-state index contributed by atoms with van der Waals surface area (Å²) in [6, 6.07) is 9.11. The van der Waals surface area contributed by atoms with Crippen LogP contribution in [-0.4, -0.2) is 19.8 Å². The van der Waals surface area contributed by atoms with Crippen molar-refractivity contribution in [2.24, 2.45) is 0 Å². The second-order valence-electron chi connectivity index (χ2n) is 5.22. The Balaban J connectivity index is 1.81. The van der Waals surface area contributed by atoms with Crippen LogP contribution in [0.5, 0.6) is 0 Å². The lowest BCUT2D eigenvalue weighted by Gasteiger charge is -2.28. The Morgan fingerprint density at radius 3 is 2.50 bits per heavy atom. The van der Waals surface area contributed by atoms with Crippen LogP contribution in [-0.2, 0) is 10.3 Å². The zero-order chi connectivity index (χ0) is 11.0. The van der Waals surface area contributed by atoms with E-state index in [0.29, 0.717) is 5.92 Å². The van der Waals surface area contributed by atoms with Crippen LogP contribution in [0.15, 0.2) is 24.3 Å². The highest BCUT2D eigenvalue weighted by atomic mass is 16.5. The maximum Gasteiger partial charge on any atom is 0.0557 e. The average molecular weight is 217 g/mol. The zero-order valence-corrected chi connectivity index (χ0v) is 9.83. The summed E-state index contributed by atoms with van der Waals surface area (Å²) in [5.41, 5.74) is 3.06. The first-order chi connectivity index (χ1) is 7.78. The van der Waals surface area contributed by atoms with Crippen LogP contribution in [0.3, 0.4) is 0 Å². The van der Waals surface area contributed by atoms with Crippen LogP contribution in [0.4, 0.5) is 0 Å². The molecule has 1 N–H and O–H groups in total. The van der Waals surface area contributed by atoms with Gasteiger partial charge in [-0.15, -0.1) is 0 Å². The second kappa shape index (κ2) is 3.86. The fraction of sp³-hybridized carbons (Fsp3) is 0.571. The topological polar surface area (TPSA) is 21.3 Å². The predicted octanol–water partition coefficient (Wildman–Crippen LogP) is 2.40. The van der Waals surface area contributed by atoms with Gasteiger partial charge in [-0.2, -0.15) is 0 Å². The molecule has 16 heavy (non-hydrogen) atoms. The van der Waals surface area contributed by atoms with Gasteiger partial charge in [0.25, 0.3) is 0 Å². The standard InChI is InChI=1S/C14H19NO/c1-14(7-2-8-15-14)13-5-3-11(4-6-13)12-9-16-10-12/h3-6,12,15H,2,7-10H2,1H3. The number of hydrogen-bond acceptors (Lipinski definition) is 2. The van der Waals surface area contributed by atoms with Gasteiger partial charge in [0.05, 0.1) is 13.2 Å². The van der Waals surface area contributed by atoms with Crippen LogP contribution >= 0.6 is 0 Å². The van der Waals surface area contributed by atoms with Crippen molar-refractivity contribution in [1.29, 1.82) is 0 Å². The molecular formula is C14H19NO. The summed E-state index contributed by atoms with van der Waals surface area (Å²) < 4.78 is 5.23. The van der Waals surface area contributed by atoms with Gasteiger partial charge >= 0.3 is 0 Å². The van der Waals surface area contributed by atoms with Gasteiger partial charge in [0.15, 0.2) is 0 Å². The first-order valence-corrected chi connectivity index (χ1v) is 6.21. The highest BCUT2D eigenvalue weighted by Crippen LogP contribution is 2.32. The number of benzene rings is 1. The molecule has 1 atom stereocenters. The summed E-state index contributed by atoms with van der Waals surface area (Å²) in [6.07, 6.45) is 2.54. The molecule has 0 aliphatic carbocycles. The maximum absolute atomic E-state index is 5.23. The van der Waals surface area contributed by atoms with Gasteiger partial charge in [-0.3, -0.25) is 0 Å². The summed E-state index contributed by atoms with van der Waals surface area (Å²) in [6.45, 7) is 5.25. The molecular weight excluding hydrogens is 198 g/mol. The SMILES string of the molecule is CC1(c2ccc(C3COC3)cc2)CCCN1. The Morgan fingerprint density at radius 1 is 1.25 bits per heavy atom. The van der Waals surface area contributed by atoms with Gasteiger partial charge in [0.1, 0.15) is 0 Å². The van der Waals surface area contributed by atoms with Gasteiger partial charge in [-0.25, -0.2) is 0 Å². The number of rotatable bonds is 2. The highest BCUT2D eigenvalue weighted by molar-refractivity contribution is 5.31. The first-order valence-electron chi connectivity index (χ1n) is 6.21. The Bertz CT molecular complexity index is 361. The fourth-order valence-corrected chi connectivity index (χ4v) is 2.69. The van der Waals surface area contributed by atoms with Crippen molar-refractivity contribution in [3.05, 3.63) is 35.4 Å². The summed E-state index contributed by atoms with van der Waals surface area (Å²) in [7, 11) is 0. The molecule has 0 amide bonds. The van der Waals surface area contributed by atoms with Gasteiger partial charge in [-0.1, -0.05) is 24.3 Å². The fourth-order valence-electron chi connectivity index (χ4n) is 2.69. The lowest BCUT2D eigenvalue weighted by atomic mass is 9.88. The molecule has 2 nitrogen and oxygen atoms in total. The smallest absolute Gasteiger partial charge is 0.0557 e. The van der Waals surface area contributed by atoms with Crippen molar-refractivity contribution in [3.63, 3.8) is 0 Å². The normalized spacial score (nSPS) is 30.3. The lowest BCUT2D eigenvalue weighted by molar-refractivity contribution is 0.00841. The molecule has 2 saturated heterocycles. The molecule has 0 radical (unpaired) electrons. The Hall–Kier alpha value is -0.860. The van der Waals surface area contributed by atoms with Crippen LogP contribution in [0.1, 0.15) is 36.8 Å². The molecule has 3 rings (SSSR count). The van der Waals surface area contributed by atoms with E-state index < -0.39 is 0 Å². The molecule has 2 fully saturated rings. The molecule has 1 aromatic rings. The summed E-state index contributed by atoms with van der Waals surface area (Å²) in [5.74, 6) is 0.637. The first kappa shape index (κ1) is 10.3. The van der Waals surface area contributed by atoms with Crippen molar-refractivity contribution in [2.45, 2.75) is 31.2 Å². The van der Waals surface area contributed by atoms with Crippen LogP contribution in [0.2, 0.25) is 0 Å². The third kappa shape index (κ3) is 1.66. The number of nitrogens with one attached hydrogen (secondary N) is 1. The monoisotopic (exact) mass is 217 g/mol. The van der Waals surface area contributed by atoms with Crippen molar-refractivity contribution in [3.8, 4) is 0 Å². The Kier molecular flexibility index (Phi) is 2.49. The lowest BCUT2D eigenvalue weighted by Crippen LogP contribution is -2.33. The van der Waals surface area contributed by atoms with Crippen molar-refractivity contribution < 1.29 is 4.74 Å². The summed E-state index contributed by atoms with van der Waals surface area (Å²) in [4.78, 5) is 0. The molecule has 2 heteroatoms. The van der Waals surface area contributed by atoms with E-state index in [1.807, 2.05) is 0 Å². The minimum absolute atomic E-state index is 0.203. The Morgan fingerprint density at radius 2 is 2.00 bits per heavy atom.